The first-order chi connectivity index (χ1) is 12.0. The van der Waals surface area contributed by atoms with Crippen molar-refractivity contribution in [3.63, 3.8) is 0 Å². The van der Waals surface area contributed by atoms with Gasteiger partial charge in [-0.1, -0.05) is 12.1 Å². The summed E-state index contributed by atoms with van der Waals surface area (Å²) in [6.07, 6.45) is 0. The van der Waals surface area contributed by atoms with E-state index in [1.807, 2.05) is 43.4 Å². The van der Waals surface area contributed by atoms with Gasteiger partial charge in [-0.3, -0.25) is 0 Å². The summed E-state index contributed by atoms with van der Waals surface area (Å²) in [4.78, 5) is 11.0. The smallest absolute Gasteiger partial charge is 0.191 e. The third kappa shape index (κ3) is 6.20. The molecule has 2 aromatic rings. The van der Waals surface area contributed by atoms with Crippen molar-refractivity contribution in [1.82, 2.24) is 15.6 Å². The molecule has 1 aromatic carbocycles. The van der Waals surface area contributed by atoms with E-state index in [0.29, 0.717) is 30.4 Å². The number of nitrogens with one attached hydrogen (secondary N) is 2. The molecule has 0 aliphatic heterocycles. The van der Waals surface area contributed by atoms with Crippen LogP contribution in [0.15, 0.2) is 28.6 Å². The van der Waals surface area contributed by atoms with Crippen molar-refractivity contribution in [3.05, 3.63) is 34.8 Å². The van der Waals surface area contributed by atoms with Crippen LogP contribution in [0.4, 0.5) is 5.13 Å². The number of phenols is 1. The molecule has 0 aliphatic carbocycles. The van der Waals surface area contributed by atoms with E-state index in [1.165, 1.54) is 7.11 Å². The lowest BCUT2D eigenvalue weighted by molar-refractivity contribution is 0.370. The zero-order valence-electron chi connectivity index (χ0n) is 15.4. The first kappa shape index (κ1) is 22.3. The Bertz CT molecular complexity index is 721. The molecular formula is C17H26IN5O2S. The Balaban J connectivity index is 0.00000338. The number of rotatable bonds is 7. The molecule has 0 unspecified atom stereocenters. The number of methoxy groups -OCH3 is 1. The first-order valence-electron chi connectivity index (χ1n) is 8.03. The van der Waals surface area contributed by atoms with Crippen LogP contribution in [0.5, 0.6) is 11.5 Å². The quantitative estimate of drug-likeness (QED) is 0.314. The number of guanidine groups is 1. The van der Waals surface area contributed by atoms with Gasteiger partial charge in [0.25, 0.3) is 0 Å². The molecule has 7 nitrogen and oxygen atoms in total. The lowest BCUT2D eigenvalue weighted by Gasteiger charge is -2.11. The molecule has 0 saturated heterocycles. The molecular weight excluding hydrogens is 465 g/mol. The van der Waals surface area contributed by atoms with Gasteiger partial charge in [-0.25, -0.2) is 9.98 Å². The summed E-state index contributed by atoms with van der Waals surface area (Å²) in [6.45, 7) is 3.68. The molecule has 0 bridgehead atoms. The average molecular weight is 491 g/mol. The minimum Gasteiger partial charge on any atom is -0.504 e. The van der Waals surface area contributed by atoms with E-state index in [0.717, 1.165) is 17.4 Å². The number of benzene rings is 1. The normalized spacial score (nSPS) is 10.8. The fourth-order valence-corrected chi connectivity index (χ4v) is 2.88. The van der Waals surface area contributed by atoms with Crippen molar-refractivity contribution in [2.45, 2.75) is 20.0 Å². The third-order valence-corrected chi connectivity index (χ3v) is 4.47. The number of para-hydroxylation sites is 1. The Hall–Kier alpha value is -1.75. The van der Waals surface area contributed by atoms with Crippen LogP contribution >= 0.6 is 35.3 Å². The SMILES string of the molecule is CCNC(=NCc1cccc(OC)c1O)NCc1csc(N(C)C)n1.I. The van der Waals surface area contributed by atoms with Gasteiger partial charge in [-0.05, 0) is 13.0 Å². The van der Waals surface area contributed by atoms with E-state index in [2.05, 4.69) is 20.6 Å². The number of ether oxygens (including phenoxy) is 1. The van der Waals surface area contributed by atoms with Gasteiger partial charge in [0, 0.05) is 31.6 Å². The second-order valence-electron chi connectivity index (χ2n) is 5.53. The molecule has 26 heavy (non-hydrogen) atoms. The topological polar surface area (TPSA) is 82.0 Å². The standard InChI is InChI=1S/C17H25N5O2S.HI/c1-5-18-16(20-10-13-11-25-17(21-13)22(2)3)19-9-12-7-6-8-14(24-4)15(12)23;/h6-8,11,23H,5,9-10H2,1-4H3,(H2,18,19,20);1H. The fraction of sp³-hybridized carbons (Fsp3) is 0.412. The summed E-state index contributed by atoms with van der Waals surface area (Å²) in [7, 11) is 5.48. The van der Waals surface area contributed by atoms with E-state index in [1.54, 1.807) is 17.4 Å². The van der Waals surface area contributed by atoms with Crippen molar-refractivity contribution in [2.75, 3.05) is 32.6 Å². The van der Waals surface area contributed by atoms with Gasteiger partial charge in [0.1, 0.15) is 0 Å². The first-order valence-corrected chi connectivity index (χ1v) is 8.91. The molecule has 1 aromatic heterocycles. The van der Waals surface area contributed by atoms with Gasteiger partial charge in [0.2, 0.25) is 0 Å². The molecule has 0 fully saturated rings. The molecule has 9 heteroatoms. The van der Waals surface area contributed by atoms with Crippen molar-refractivity contribution >= 4 is 46.4 Å². The number of halogens is 1. The van der Waals surface area contributed by atoms with E-state index in [-0.39, 0.29) is 29.7 Å². The van der Waals surface area contributed by atoms with Crippen LogP contribution < -0.4 is 20.3 Å². The van der Waals surface area contributed by atoms with Crippen molar-refractivity contribution in [2.24, 2.45) is 4.99 Å². The third-order valence-electron chi connectivity index (χ3n) is 3.41. The molecule has 0 atom stereocenters. The number of aromatic hydroxyl groups is 1. The maximum atomic E-state index is 10.1. The Morgan fingerprint density at radius 2 is 2.12 bits per heavy atom. The molecule has 144 valence electrons. The van der Waals surface area contributed by atoms with Gasteiger partial charge in [-0.2, -0.15) is 0 Å². The fourth-order valence-electron chi connectivity index (χ4n) is 2.12. The molecule has 2 rings (SSSR count). The van der Waals surface area contributed by atoms with Crippen molar-refractivity contribution in [1.29, 1.82) is 0 Å². The highest BCUT2D eigenvalue weighted by Crippen LogP contribution is 2.29. The van der Waals surface area contributed by atoms with Gasteiger partial charge >= 0.3 is 0 Å². The van der Waals surface area contributed by atoms with Crippen LogP contribution in [-0.4, -0.2) is 43.8 Å². The zero-order valence-corrected chi connectivity index (χ0v) is 18.6. The van der Waals surface area contributed by atoms with Crippen LogP contribution in [0.25, 0.3) is 0 Å². The number of hydrogen-bond donors (Lipinski definition) is 3. The van der Waals surface area contributed by atoms with E-state index < -0.39 is 0 Å². The minimum absolute atomic E-state index is 0. The van der Waals surface area contributed by atoms with Crippen LogP contribution in [-0.2, 0) is 13.1 Å². The number of nitrogens with zero attached hydrogens (tertiary/aromatic N) is 3. The van der Waals surface area contributed by atoms with Crippen LogP contribution in [0.1, 0.15) is 18.2 Å². The Morgan fingerprint density at radius 3 is 2.73 bits per heavy atom. The Kier molecular flexibility index (Phi) is 9.49. The molecule has 0 amide bonds. The second kappa shape index (κ2) is 11.1. The molecule has 1 heterocycles. The number of thiazole rings is 1. The van der Waals surface area contributed by atoms with Crippen LogP contribution in [0.3, 0.4) is 0 Å². The lowest BCUT2D eigenvalue weighted by atomic mass is 10.2. The highest BCUT2D eigenvalue weighted by molar-refractivity contribution is 14.0. The summed E-state index contributed by atoms with van der Waals surface area (Å²) in [5.74, 6) is 1.24. The summed E-state index contributed by atoms with van der Waals surface area (Å²) in [6, 6.07) is 5.38. The molecule has 0 radical (unpaired) electrons. The van der Waals surface area contributed by atoms with Gasteiger partial charge in [0.05, 0.1) is 25.9 Å². The van der Waals surface area contributed by atoms with E-state index in [4.69, 9.17) is 4.74 Å². The van der Waals surface area contributed by atoms with Crippen LogP contribution in [0, 0.1) is 0 Å². The van der Waals surface area contributed by atoms with E-state index in [9.17, 15) is 5.11 Å². The Labute approximate surface area is 175 Å². The number of hydrogen-bond acceptors (Lipinski definition) is 6. The lowest BCUT2D eigenvalue weighted by Crippen LogP contribution is -2.36. The van der Waals surface area contributed by atoms with Crippen molar-refractivity contribution in [3.8, 4) is 11.5 Å². The second-order valence-corrected chi connectivity index (χ2v) is 6.37. The van der Waals surface area contributed by atoms with Gasteiger partial charge in [-0.15, -0.1) is 35.3 Å². The molecule has 0 aliphatic rings. The predicted octanol–water partition coefficient (Wildman–Crippen LogP) is 2.80. The van der Waals surface area contributed by atoms with Crippen LogP contribution in [0.2, 0.25) is 0 Å². The maximum Gasteiger partial charge on any atom is 0.191 e. The van der Waals surface area contributed by atoms with Gasteiger partial charge in [0.15, 0.2) is 22.6 Å². The van der Waals surface area contributed by atoms with Gasteiger partial charge < -0.3 is 25.4 Å². The largest absolute Gasteiger partial charge is 0.504 e. The zero-order chi connectivity index (χ0) is 18.2. The number of phenolic OH excluding ortho intramolecular Hbond substituents is 1. The number of anilines is 1. The maximum absolute atomic E-state index is 10.1. The number of aliphatic imine (C=N–C) groups is 1. The number of aromatic nitrogens is 1. The summed E-state index contributed by atoms with van der Waals surface area (Å²) in [5, 5.41) is 19.6. The Morgan fingerprint density at radius 1 is 1.35 bits per heavy atom. The average Bonchev–Trinajstić information content (AvgIpc) is 3.08. The minimum atomic E-state index is 0. The summed E-state index contributed by atoms with van der Waals surface area (Å²) in [5.41, 5.74) is 1.67. The predicted molar refractivity (Wildman–Crippen MR) is 118 cm³/mol. The molecule has 3 N–H and O–H groups in total. The summed E-state index contributed by atoms with van der Waals surface area (Å²) >= 11 is 1.61. The highest BCUT2D eigenvalue weighted by atomic mass is 127. The molecule has 0 saturated carbocycles. The highest BCUT2D eigenvalue weighted by Gasteiger charge is 2.08. The summed E-state index contributed by atoms with van der Waals surface area (Å²) < 4.78 is 5.13. The van der Waals surface area contributed by atoms with Crippen molar-refractivity contribution < 1.29 is 9.84 Å². The molecule has 0 spiro atoms. The monoisotopic (exact) mass is 491 g/mol. The van der Waals surface area contributed by atoms with E-state index >= 15 is 0 Å².